The quantitative estimate of drug-likeness (QED) is 0.385. The van der Waals surface area contributed by atoms with Gasteiger partial charge in [0.1, 0.15) is 24.4 Å². The average Bonchev–Trinajstić information content (AvgIpc) is 2.56. The van der Waals surface area contributed by atoms with Crippen LogP contribution in [0, 0.1) is 0 Å². The van der Waals surface area contributed by atoms with Gasteiger partial charge in [0, 0.05) is 0 Å². The molecule has 1 heterocycles. The summed E-state index contributed by atoms with van der Waals surface area (Å²) >= 11 is 0. The van der Waals surface area contributed by atoms with Crippen molar-refractivity contribution in [1.29, 1.82) is 0 Å². The number of hydrogen-bond acceptors (Lipinski definition) is 8. The topological polar surface area (TPSA) is 148 Å². The lowest BCUT2D eigenvalue weighted by molar-refractivity contribution is -0.259. The van der Waals surface area contributed by atoms with E-state index in [1.807, 2.05) is 30.3 Å². The predicted octanol–water partition coefficient (Wildman–Crippen LogP) is -2.13. The van der Waals surface area contributed by atoms with E-state index in [0.29, 0.717) is 0 Å². The average molecular weight is 326 g/mol. The van der Waals surface area contributed by atoms with E-state index in [1.165, 1.54) is 0 Å². The number of aliphatic hydroxyl groups excluding tert-OH is 3. The molecule has 8 nitrogen and oxygen atoms in total. The Kier molecular flexibility index (Phi) is 6.05. The van der Waals surface area contributed by atoms with E-state index in [0.717, 1.165) is 5.56 Å². The minimum atomic E-state index is -1.39. The second-order valence-corrected chi connectivity index (χ2v) is 5.52. The number of esters is 1. The molecule has 1 fully saturated rings. The molecule has 1 saturated heterocycles. The van der Waals surface area contributed by atoms with Gasteiger partial charge in [-0.1, -0.05) is 30.3 Å². The van der Waals surface area contributed by atoms with Gasteiger partial charge in [0.15, 0.2) is 0 Å². The van der Waals surface area contributed by atoms with Gasteiger partial charge >= 0.3 is 5.97 Å². The summed E-state index contributed by atoms with van der Waals surface area (Å²) in [5.74, 6) is -0.741. The summed E-state index contributed by atoms with van der Waals surface area (Å²) in [5.41, 5.74) is 12.4. The van der Waals surface area contributed by atoms with Gasteiger partial charge in [-0.15, -0.1) is 0 Å². The number of rotatable bonds is 5. The maximum atomic E-state index is 12.1. The summed E-state index contributed by atoms with van der Waals surface area (Å²) in [6.07, 6.45) is -4.85. The van der Waals surface area contributed by atoms with Crippen LogP contribution < -0.4 is 11.5 Å². The van der Waals surface area contributed by atoms with Crippen molar-refractivity contribution in [2.75, 3.05) is 6.61 Å². The lowest BCUT2D eigenvalue weighted by Gasteiger charge is -2.40. The van der Waals surface area contributed by atoms with Crippen LogP contribution in [0.25, 0.3) is 0 Å². The Labute approximate surface area is 133 Å². The predicted molar refractivity (Wildman–Crippen MR) is 79.9 cm³/mol. The van der Waals surface area contributed by atoms with E-state index in [9.17, 15) is 15.0 Å². The van der Waals surface area contributed by atoms with Crippen molar-refractivity contribution in [3.8, 4) is 0 Å². The first-order valence-corrected chi connectivity index (χ1v) is 7.32. The highest BCUT2D eigenvalue weighted by Crippen LogP contribution is 2.21. The van der Waals surface area contributed by atoms with Gasteiger partial charge in [0.25, 0.3) is 0 Å². The lowest BCUT2D eigenvalue weighted by Crippen LogP contribution is -2.63. The first-order chi connectivity index (χ1) is 10.9. The molecular weight excluding hydrogens is 304 g/mol. The fraction of sp³-hybridized carbons (Fsp3) is 0.533. The van der Waals surface area contributed by atoms with Gasteiger partial charge in [-0.05, 0) is 12.0 Å². The second-order valence-electron chi connectivity index (χ2n) is 5.52. The zero-order valence-electron chi connectivity index (χ0n) is 12.5. The summed E-state index contributed by atoms with van der Waals surface area (Å²) in [6, 6.07) is 7.11. The van der Waals surface area contributed by atoms with Crippen LogP contribution in [0.4, 0.5) is 0 Å². The molecule has 128 valence electrons. The summed E-state index contributed by atoms with van der Waals surface area (Å²) < 4.78 is 10.3. The van der Waals surface area contributed by atoms with Crippen molar-refractivity contribution in [2.24, 2.45) is 11.5 Å². The molecule has 0 aliphatic carbocycles. The summed E-state index contributed by atoms with van der Waals surface area (Å²) in [7, 11) is 0. The van der Waals surface area contributed by atoms with Crippen molar-refractivity contribution in [1.82, 2.24) is 0 Å². The molecule has 1 aromatic carbocycles. The van der Waals surface area contributed by atoms with E-state index in [4.69, 9.17) is 26.0 Å². The summed E-state index contributed by atoms with van der Waals surface area (Å²) in [4.78, 5) is 12.1. The minimum absolute atomic E-state index is 0.274. The Morgan fingerprint density at radius 3 is 2.52 bits per heavy atom. The normalized spacial score (nSPS) is 32.3. The van der Waals surface area contributed by atoms with Gasteiger partial charge in [0.05, 0.1) is 12.6 Å². The first kappa shape index (κ1) is 17.8. The number of benzene rings is 1. The highest BCUT2D eigenvalue weighted by Gasteiger charge is 2.44. The van der Waals surface area contributed by atoms with Gasteiger partial charge < -0.3 is 36.3 Å². The van der Waals surface area contributed by atoms with E-state index in [2.05, 4.69) is 0 Å². The number of aliphatic hydroxyl groups is 3. The Morgan fingerprint density at radius 1 is 1.26 bits per heavy atom. The van der Waals surface area contributed by atoms with Gasteiger partial charge in [-0.25, -0.2) is 0 Å². The van der Waals surface area contributed by atoms with Crippen molar-refractivity contribution in [3.63, 3.8) is 0 Å². The highest BCUT2D eigenvalue weighted by molar-refractivity contribution is 5.76. The maximum absolute atomic E-state index is 12.1. The molecule has 1 aliphatic heterocycles. The monoisotopic (exact) mass is 326 g/mol. The van der Waals surface area contributed by atoms with Crippen LogP contribution in [0.15, 0.2) is 30.3 Å². The zero-order valence-corrected chi connectivity index (χ0v) is 12.5. The van der Waals surface area contributed by atoms with Crippen LogP contribution in [-0.4, -0.2) is 64.6 Å². The van der Waals surface area contributed by atoms with E-state index in [1.54, 1.807) is 0 Å². The smallest absolute Gasteiger partial charge is 0.325 e. The molecule has 0 spiro atoms. The Morgan fingerprint density at radius 2 is 1.91 bits per heavy atom. The molecule has 23 heavy (non-hydrogen) atoms. The van der Waals surface area contributed by atoms with Crippen LogP contribution in [0.3, 0.4) is 0 Å². The molecule has 7 N–H and O–H groups in total. The van der Waals surface area contributed by atoms with Crippen LogP contribution in [0.2, 0.25) is 0 Å². The van der Waals surface area contributed by atoms with Crippen molar-refractivity contribution >= 4 is 5.97 Å². The Balaban J connectivity index is 1.95. The fourth-order valence-electron chi connectivity index (χ4n) is 2.36. The second kappa shape index (κ2) is 7.82. The van der Waals surface area contributed by atoms with Gasteiger partial charge in [-0.3, -0.25) is 4.79 Å². The van der Waals surface area contributed by atoms with E-state index < -0.39 is 49.3 Å². The van der Waals surface area contributed by atoms with Crippen molar-refractivity contribution in [2.45, 2.75) is 43.1 Å². The molecule has 8 heteroatoms. The molecule has 0 bridgehead atoms. The zero-order chi connectivity index (χ0) is 17.0. The van der Waals surface area contributed by atoms with E-state index in [-0.39, 0.29) is 6.42 Å². The van der Waals surface area contributed by atoms with Gasteiger partial charge in [-0.2, -0.15) is 0 Å². The standard InChI is InChI=1S/C15H22N2O6/c16-9(6-8-4-2-1-3-5-8)14(21)23-15-11(17)13(20)12(19)10(7-18)22-15/h1-5,9-13,15,18-20H,6-7,16-17H2/t9?,10-,11-,12-,13-,15?/m1/s1. The van der Waals surface area contributed by atoms with Crippen LogP contribution in [0.5, 0.6) is 0 Å². The lowest BCUT2D eigenvalue weighted by atomic mass is 9.98. The molecule has 1 aromatic rings. The number of carbonyl (C=O) groups is 1. The Bertz CT molecular complexity index is 512. The number of nitrogens with two attached hydrogens (primary N) is 2. The SMILES string of the molecule is NC(Cc1ccccc1)C(=O)OC1O[C@H](CO)[C@@H](O)[C@H](O)[C@H]1N. The molecule has 0 saturated carbocycles. The van der Waals surface area contributed by atoms with E-state index >= 15 is 0 Å². The summed E-state index contributed by atoms with van der Waals surface area (Å²) in [5, 5.41) is 28.6. The molecule has 0 amide bonds. The minimum Gasteiger partial charge on any atom is -0.433 e. The number of carbonyl (C=O) groups excluding carboxylic acids is 1. The van der Waals surface area contributed by atoms with Crippen molar-refractivity contribution < 1.29 is 29.6 Å². The van der Waals surface area contributed by atoms with Crippen LogP contribution in [0.1, 0.15) is 5.56 Å². The van der Waals surface area contributed by atoms with Crippen LogP contribution >= 0.6 is 0 Å². The highest BCUT2D eigenvalue weighted by atomic mass is 16.7. The molecular formula is C15H22N2O6. The third-order valence-electron chi connectivity index (χ3n) is 3.76. The molecule has 2 rings (SSSR count). The molecule has 0 aromatic heterocycles. The molecule has 2 unspecified atom stereocenters. The van der Waals surface area contributed by atoms with Crippen molar-refractivity contribution in [3.05, 3.63) is 35.9 Å². The van der Waals surface area contributed by atoms with Gasteiger partial charge in [0.2, 0.25) is 6.29 Å². The third kappa shape index (κ3) is 4.25. The Hall–Kier alpha value is -1.55. The number of hydrogen-bond donors (Lipinski definition) is 5. The first-order valence-electron chi connectivity index (χ1n) is 7.32. The molecule has 6 atom stereocenters. The van der Waals surface area contributed by atoms with Crippen LogP contribution in [-0.2, 0) is 20.7 Å². The molecule has 1 aliphatic rings. The third-order valence-corrected chi connectivity index (χ3v) is 3.76. The fourth-order valence-corrected chi connectivity index (χ4v) is 2.36. The maximum Gasteiger partial charge on any atom is 0.325 e. The summed E-state index contributed by atoms with van der Waals surface area (Å²) in [6.45, 7) is -0.547. The largest absolute Gasteiger partial charge is 0.433 e. The molecule has 0 radical (unpaired) electrons. The number of ether oxygens (including phenoxy) is 2.